The molecule has 2 nitrogen and oxygen atoms in total. The molecule has 98 valence electrons. The molecule has 0 bridgehead atoms. The highest BCUT2D eigenvalue weighted by molar-refractivity contribution is 6.31. The summed E-state index contributed by atoms with van der Waals surface area (Å²) in [6, 6.07) is 10.0. The van der Waals surface area contributed by atoms with E-state index in [0.717, 1.165) is 11.3 Å². The number of fused-ring (bicyclic) bond motifs is 1. The van der Waals surface area contributed by atoms with Crippen LogP contribution in [0.15, 0.2) is 36.4 Å². The van der Waals surface area contributed by atoms with E-state index in [1.165, 1.54) is 6.07 Å². The van der Waals surface area contributed by atoms with Gasteiger partial charge in [0.1, 0.15) is 17.7 Å². The first-order valence-electron chi connectivity index (χ1n) is 5.78. The molecule has 0 saturated heterocycles. The maximum absolute atomic E-state index is 13.2. The molecule has 0 fully saturated rings. The highest BCUT2D eigenvalue weighted by Crippen LogP contribution is 2.36. The fourth-order valence-corrected chi connectivity index (χ4v) is 2.39. The summed E-state index contributed by atoms with van der Waals surface area (Å²) in [6.07, 6.45) is -0.218. The van der Waals surface area contributed by atoms with Gasteiger partial charge in [-0.05, 0) is 29.8 Å². The van der Waals surface area contributed by atoms with Gasteiger partial charge >= 0.3 is 0 Å². The van der Waals surface area contributed by atoms with Crippen LogP contribution in [0.25, 0.3) is 0 Å². The van der Waals surface area contributed by atoms with E-state index >= 15 is 0 Å². The topological polar surface area (TPSA) is 21.3 Å². The Bertz CT molecular complexity index is 633. The number of hydrogen-bond acceptors (Lipinski definition) is 2. The Morgan fingerprint density at radius 1 is 1.16 bits per heavy atom. The molecule has 0 amide bonds. The number of anilines is 1. The largest absolute Gasteiger partial charge is 0.482 e. The summed E-state index contributed by atoms with van der Waals surface area (Å²) in [5.41, 5.74) is 1.72. The van der Waals surface area contributed by atoms with Crippen molar-refractivity contribution < 1.29 is 9.13 Å². The van der Waals surface area contributed by atoms with Gasteiger partial charge in [-0.1, -0.05) is 29.3 Å². The lowest BCUT2D eigenvalue weighted by Gasteiger charge is -2.28. The van der Waals surface area contributed by atoms with Gasteiger partial charge in [0.05, 0.1) is 17.3 Å². The van der Waals surface area contributed by atoms with E-state index in [-0.39, 0.29) is 11.1 Å². The number of benzene rings is 2. The number of halogens is 3. The Morgan fingerprint density at radius 3 is 2.79 bits per heavy atom. The first-order valence-corrected chi connectivity index (χ1v) is 6.54. The van der Waals surface area contributed by atoms with Gasteiger partial charge in [0, 0.05) is 11.1 Å². The van der Waals surface area contributed by atoms with Crippen LogP contribution in [0.1, 0.15) is 11.7 Å². The predicted octanol–water partition coefficient (Wildman–Crippen LogP) is 4.68. The minimum atomic E-state index is -0.433. The van der Waals surface area contributed by atoms with Crippen molar-refractivity contribution >= 4 is 28.9 Å². The summed E-state index contributed by atoms with van der Waals surface area (Å²) in [6.45, 7) is 0.594. The van der Waals surface area contributed by atoms with Gasteiger partial charge in [0.15, 0.2) is 0 Å². The second-order valence-electron chi connectivity index (χ2n) is 4.30. The van der Waals surface area contributed by atoms with Crippen molar-refractivity contribution in [3.63, 3.8) is 0 Å². The summed E-state index contributed by atoms with van der Waals surface area (Å²) < 4.78 is 19.0. The smallest absolute Gasteiger partial charge is 0.144 e. The Balaban J connectivity index is 1.90. The second-order valence-corrected chi connectivity index (χ2v) is 5.15. The lowest BCUT2D eigenvalue weighted by Crippen LogP contribution is -2.23. The van der Waals surface area contributed by atoms with Crippen molar-refractivity contribution in [2.45, 2.75) is 6.10 Å². The van der Waals surface area contributed by atoms with Crippen LogP contribution in [-0.4, -0.2) is 6.54 Å². The molecule has 1 aliphatic heterocycles. The molecule has 1 N–H and O–H groups in total. The Labute approximate surface area is 120 Å². The molecule has 0 saturated carbocycles. The van der Waals surface area contributed by atoms with Crippen LogP contribution in [0.3, 0.4) is 0 Å². The first-order chi connectivity index (χ1) is 9.13. The maximum atomic E-state index is 13.2. The maximum Gasteiger partial charge on any atom is 0.144 e. The minimum Gasteiger partial charge on any atom is -0.482 e. The molecule has 5 heteroatoms. The van der Waals surface area contributed by atoms with Gasteiger partial charge in [0.2, 0.25) is 0 Å². The van der Waals surface area contributed by atoms with Gasteiger partial charge in [-0.15, -0.1) is 0 Å². The highest BCUT2D eigenvalue weighted by Gasteiger charge is 2.21. The Hall–Kier alpha value is -1.45. The van der Waals surface area contributed by atoms with Crippen molar-refractivity contribution in [3.05, 3.63) is 57.8 Å². The average molecular weight is 298 g/mol. The molecule has 1 heterocycles. The quantitative estimate of drug-likeness (QED) is 0.825. The van der Waals surface area contributed by atoms with Gasteiger partial charge in [-0.25, -0.2) is 4.39 Å². The molecule has 0 aliphatic carbocycles. The first kappa shape index (κ1) is 12.6. The molecule has 3 rings (SSSR count). The van der Waals surface area contributed by atoms with E-state index in [2.05, 4.69) is 5.32 Å². The van der Waals surface area contributed by atoms with Crippen LogP contribution in [0.4, 0.5) is 10.1 Å². The molecule has 1 atom stereocenters. The van der Waals surface area contributed by atoms with Gasteiger partial charge in [-0.2, -0.15) is 0 Å². The van der Waals surface area contributed by atoms with Gasteiger partial charge < -0.3 is 10.1 Å². The molecule has 0 spiro atoms. The summed E-state index contributed by atoms with van der Waals surface area (Å²) in [4.78, 5) is 0. The number of ether oxygens (including phenoxy) is 1. The van der Waals surface area contributed by atoms with Crippen molar-refractivity contribution in [1.82, 2.24) is 0 Å². The molecular weight excluding hydrogens is 288 g/mol. The Morgan fingerprint density at radius 2 is 2.00 bits per heavy atom. The van der Waals surface area contributed by atoms with Crippen LogP contribution >= 0.6 is 23.2 Å². The number of rotatable bonds is 1. The van der Waals surface area contributed by atoms with E-state index in [4.69, 9.17) is 27.9 Å². The third kappa shape index (κ3) is 2.48. The summed E-state index contributed by atoms with van der Waals surface area (Å²) in [5.74, 6) is 0.252. The molecular formula is C14H10Cl2FNO. The second kappa shape index (κ2) is 4.91. The number of nitrogens with one attached hydrogen (secondary N) is 1. The summed E-state index contributed by atoms with van der Waals surface area (Å²) in [5, 5.41) is 3.96. The summed E-state index contributed by atoms with van der Waals surface area (Å²) >= 11 is 11.7. The monoisotopic (exact) mass is 297 g/mol. The highest BCUT2D eigenvalue weighted by atomic mass is 35.5. The fourth-order valence-electron chi connectivity index (χ4n) is 2.04. The van der Waals surface area contributed by atoms with E-state index in [1.807, 2.05) is 6.07 Å². The third-order valence-electron chi connectivity index (χ3n) is 3.01. The molecule has 0 radical (unpaired) electrons. The third-order valence-corrected chi connectivity index (χ3v) is 3.53. The van der Waals surface area contributed by atoms with E-state index in [1.54, 1.807) is 24.3 Å². The average Bonchev–Trinajstić information content (AvgIpc) is 2.41. The van der Waals surface area contributed by atoms with E-state index < -0.39 is 5.82 Å². The minimum absolute atomic E-state index is 0.0954. The van der Waals surface area contributed by atoms with Crippen molar-refractivity contribution in [2.75, 3.05) is 11.9 Å². The molecule has 19 heavy (non-hydrogen) atoms. The zero-order valence-corrected chi connectivity index (χ0v) is 11.3. The lowest BCUT2D eigenvalue weighted by molar-refractivity contribution is 0.210. The van der Waals surface area contributed by atoms with Gasteiger partial charge in [-0.3, -0.25) is 0 Å². The van der Waals surface area contributed by atoms with Crippen LogP contribution in [0.5, 0.6) is 5.75 Å². The zero-order chi connectivity index (χ0) is 13.4. The Kier molecular flexibility index (Phi) is 3.25. The molecule has 1 aliphatic rings. The SMILES string of the molecule is Fc1ccc(C2CNc3ccc(Cl)cc3O2)cc1Cl. The standard InChI is InChI=1S/C14H10Cl2FNO/c15-9-2-4-12-13(6-9)19-14(7-18-12)8-1-3-11(17)10(16)5-8/h1-6,14,18H,7H2. The lowest BCUT2D eigenvalue weighted by atomic mass is 10.1. The van der Waals surface area contributed by atoms with Crippen molar-refractivity contribution in [3.8, 4) is 5.75 Å². The van der Waals surface area contributed by atoms with Crippen molar-refractivity contribution in [1.29, 1.82) is 0 Å². The van der Waals surface area contributed by atoms with Gasteiger partial charge in [0.25, 0.3) is 0 Å². The summed E-state index contributed by atoms with van der Waals surface area (Å²) in [7, 11) is 0. The van der Waals surface area contributed by atoms with Crippen LogP contribution in [-0.2, 0) is 0 Å². The fraction of sp³-hybridized carbons (Fsp3) is 0.143. The molecule has 2 aromatic carbocycles. The van der Waals surface area contributed by atoms with Crippen LogP contribution < -0.4 is 10.1 Å². The van der Waals surface area contributed by atoms with Crippen molar-refractivity contribution in [2.24, 2.45) is 0 Å². The molecule has 2 aromatic rings. The van der Waals surface area contributed by atoms with E-state index in [0.29, 0.717) is 17.3 Å². The van der Waals surface area contributed by atoms with Crippen LogP contribution in [0.2, 0.25) is 10.0 Å². The van der Waals surface area contributed by atoms with Crippen LogP contribution in [0, 0.1) is 5.82 Å². The molecule has 1 unspecified atom stereocenters. The predicted molar refractivity (Wildman–Crippen MR) is 74.7 cm³/mol. The molecule has 0 aromatic heterocycles. The number of hydrogen-bond donors (Lipinski definition) is 1. The zero-order valence-electron chi connectivity index (χ0n) is 9.79. The normalized spacial score (nSPS) is 17.3. The van der Waals surface area contributed by atoms with E-state index in [9.17, 15) is 4.39 Å².